The van der Waals surface area contributed by atoms with Crippen molar-refractivity contribution in [2.75, 3.05) is 22.9 Å². The molecule has 0 amide bonds. The molecule has 0 saturated heterocycles. The van der Waals surface area contributed by atoms with E-state index in [9.17, 15) is 0 Å². The Morgan fingerprint density at radius 1 is 0.275 bits per heavy atom. The maximum atomic E-state index is 6.16. The lowest BCUT2D eigenvalue weighted by Crippen LogP contribution is -3.00. The Labute approximate surface area is 465 Å². The topological polar surface area (TPSA) is 214 Å². The first-order chi connectivity index (χ1) is 29.4. The SMILES string of the molecule is Br.Br.Nc1cc[n+](Cc2ccc(C[n+]3ccc(N)c4ccccc43)cc2)c2ccccc12.Nc1cc[n+](Cc2cccc(C[n+]3ccc(N)c4ccccc43)c2)c2ccccc12.O.O.O.[Br-].[Br-].[Br-].[Br-]. The van der Waals surface area contributed by atoms with Gasteiger partial charge in [-0.1, -0.05) is 91.0 Å². The summed E-state index contributed by atoms with van der Waals surface area (Å²) in [6.45, 7) is 3.20. The Morgan fingerprint density at radius 3 is 0.768 bits per heavy atom. The van der Waals surface area contributed by atoms with Gasteiger partial charge in [-0.2, -0.15) is 18.3 Å². The normalized spacial score (nSPS) is 9.74. The van der Waals surface area contributed by atoms with Crippen molar-refractivity contribution in [1.29, 1.82) is 0 Å². The number of fused-ring (bicyclic) bond motifs is 4. The highest BCUT2D eigenvalue weighted by atomic mass is 79.9. The Balaban J connectivity index is 0.00000119. The molecule has 14 N–H and O–H groups in total. The zero-order chi connectivity index (χ0) is 41.0. The first-order valence-corrected chi connectivity index (χ1v) is 20.2. The molecule has 4 heterocycles. The van der Waals surface area contributed by atoms with Crippen molar-refractivity contribution < 1.29 is 103 Å². The summed E-state index contributed by atoms with van der Waals surface area (Å²) in [6, 6.07) is 58.5. The fourth-order valence-electron chi connectivity index (χ4n) is 8.15. The second-order valence-corrected chi connectivity index (χ2v) is 15.3. The molecule has 11 nitrogen and oxygen atoms in total. The van der Waals surface area contributed by atoms with Crippen LogP contribution in [0.1, 0.15) is 22.3 Å². The van der Waals surface area contributed by atoms with E-state index in [1.54, 1.807) is 0 Å². The minimum Gasteiger partial charge on any atom is -1.00 e. The summed E-state index contributed by atoms with van der Waals surface area (Å²) in [7, 11) is 0. The largest absolute Gasteiger partial charge is 1.00 e. The number of hydrogen-bond donors (Lipinski definition) is 4. The number of nitrogens with two attached hydrogens (primary N) is 4. The minimum atomic E-state index is 0. The number of rotatable bonds is 8. The third-order valence-corrected chi connectivity index (χ3v) is 11.3. The fourth-order valence-corrected chi connectivity index (χ4v) is 8.15. The summed E-state index contributed by atoms with van der Waals surface area (Å²) in [5.74, 6) is 0. The van der Waals surface area contributed by atoms with Crippen LogP contribution in [0.15, 0.2) is 195 Å². The van der Waals surface area contributed by atoms with E-state index in [1.165, 1.54) is 22.3 Å². The Morgan fingerprint density at radius 2 is 0.507 bits per heavy atom. The maximum Gasteiger partial charge on any atom is 0.214 e. The molecule has 17 heteroatoms. The molecule has 0 saturated carbocycles. The van der Waals surface area contributed by atoms with Gasteiger partial charge >= 0.3 is 0 Å². The van der Waals surface area contributed by atoms with Gasteiger partial charge < -0.3 is 107 Å². The van der Waals surface area contributed by atoms with Gasteiger partial charge in [0.2, 0.25) is 22.1 Å². The summed E-state index contributed by atoms with van der Waals surface area (Å²) in [4.78, 5) is 0. The lowest BCUT2D eigenvalue weighted by atomic mass is 10.1. The Kier molecular flexibility index (Phi) is 27.0. The van der Waals surface area contributed by atoms with E-state index in [4.69, 9.17) is 22.9 Å². The molecule has 364 valence electrons. The van der Waals surface area contributed by atoms with Crippen LogP contribution in [0.5, 0.6) is 0 Å². The van der Waals surface area contributed by atoms with Crippen LogP contribution in [0.3, 0.4) is 0 Å². The highest BCUT2D eigenvalue weighted by molar-refractivity contribution is 8.93. The average Bonchev–Trinajstić information content (AvgIpc) is 3.29. The molecule has 0 unspecified atom stereocenters. The van der Waals surface area contributed by atoms with Gasteiger partial charge in [-0.25, -0.2) is 0 Å². The number of pyridine rings is 4. The zero-order valence-corrected chi connectivity index (χ0v) is 47.0. The predicted molar refractivity (Wildman–Crippen MR) is 275 cm³/mol. The number of anilines is 4. The van der Waals surface area contributed by atoms with Gasteiger partial charge in [-0.3, -0.25) is 0 Å². The van der Waals surface area contributed by atoms with Crippen LogP contribution in [0.2, 0.25) is 0 Å². The number of nitrogen functional groups attached to an aromatic ring is 4. The van der Waals surface area contributed by atoms with Crippen LogP contribution >= 0.6 is 34.0 Å². The molecule has 4 aromatic heterocycles. The van der Waals surface area contributed by atoms with Gasteiger partial charge in [0.15, 0.2) is 51.0 Å². The van der Waals surface area contributed by atoms with Crippen molar-refractivity contribution in [2.45, 2.75) is 26.2 Å². The van der Waals surface area contributed by atoms with Gasteiger partial charge in [0.1, 0.15) is 0 Å². The van der Waals surface area contributed by atoms with Crippen molar-refractivity contribution in [3.63, 3.8) is 0 Å². The van der Waals surface area contributed by atoms with Crippen LogP contribution < -0.4 is 109 Å². The van der Waals surface area contributed by atoms with Gasteiger partial charge in [0.05, 0.1) is 44.3 Å². The number of nitrogens with zero attached hydrogens (tertiary/aromatic N) is 4. The average molecular weight is 1320 g/mol. The monoisotopic (exact) mass is 1310 g/mol. The molecular formula is C52H56Br6N8O3. The second-order valence-electron chi connectivity index (χ2n) is 15.3. The van der Waals surface area contributed by atoms with E-state index in [0.717, 1.165) is 92.5 Å². The van der Waals surface area contributed by atoms with Crippen LogP contribution in [0, 0.1) is 0 Å². The molecule has 69 heavy (non-hydrogen) atoms. The number of aromatic nitrogens is 4. The first-order valence-electron chi connectivity index (χ1n) is 20.2. The number of hydrogen-bond acceptors (Lipinski definition) is 4. The van der Waals surface area contributed by atoms with Crippen molar-refractivity contribution in [3.8, 4) is 0 Å². The van der Waals surface area contributed by atoms with E-state index >= 15 is 0 Å². The summed E-state index contributed by atoms with van der Waals surface area (Å²) < 4.78 is 8.97. The summed E-state index contributed by atoms with van der Waals surface area (Å²) in [5, 5.41) is 4.34. The van der Waals surface area contributed by atoms with Crippen LogP contribution in [0.25, 0.3) is 43.6 Å². The van der Waals surface area contributed by atoms with E-state index in [2.05, 4.69) is 164 Å². The molecule has 0 aliphatic carbocycles. The second kappa shape index (κ2) is 29.2. The third kappa shape index (κ3) is 14.5. The molecule has 0 aliphatic heterocycles. The van der Waals surface area contributed by atoms with Crippen LogP contribution in [0.4, 0.5) is 22.7 Å². The standard InChI is InChI=1S/2C26H22N4.6BrH.3H2O/c27-23-12-14-29(25-10-3-1-8-21(23)25)17-19-6-5-7-20(16-19)18-30-15-13-24(28)22-9-2-4-11-26(22)30;27-23-13-15-29(25-7-3-1-5-21(23)25)17-19-9-11-20(12-10-19)18-30-16-14-24(28)22-6-2-4-8-26(22)30;;;;;;;;;/h2*1-16,27-28H,17-18H2;6*1H;3*1H2. The summed E-state index contributed by atoms with van der Waals surface area (Å²) in [5.41, 5.74) is 37.4. The molecular weight excluding hydrogens is 1260 g/mol. The van der Waals surface area contributed by atoms with Crippen LogP contribution in [-0.2, 0) is 26.2 Å². The number of para-hydroxylation sites is 4. The van der Waals surface area contributed by atoms with Crippen molar-refractivity contribution in [1.82, 2.24) is 0 Å². The maximum absolute atomic E-state index is 6.16. The molecule has 0 atom stereocenters. The van der Waals surface area contributed by atoms with E-state index < -0.39 is 0 Å². The van der Waals surface area contributed by atoms with Crippen LogP contribution in [-0.4, -0.2) is 16.4 Å². The Hall–Kier alpha value is -5.08. The molecule has 0 bridgehead atoms. The zero-order valence-electron chi connectivity index (χ0n) is 37.2. The number of halogens is 6. The molecule has 0 spiro atoms. The molecule has 10 aromatic rings. The highest BCUT2D eigenvalue weighted by Crippen LogP contribution is 2.21. The van der Waals surface area contributed by atoms with Gasteiger partial charge in [0.25, 0.3) is 0 Å². The van der Waals surface area contributed by atoms with Crippen molar-refractivity contribution in [2.24, 2.45) is 0 Å². The molecule has 6 aromatic carbocycles. The van der Waals surface area contributed by atoms with Gasteiger partial charge in [-0.15, -0.1) is 34.0 Å². The van der Waals surface area contributed by atoms with Crippen molar-refractivity contribution in [3.05, 3.63) is 217 Å². The molecule has 0 radical (unpaired) electrons. The fraction of sp³-hybridized carbons (Fsp3) is 0.0769. The summed E-state index contributed by atoms with van der Waals surface area (Å²) >= 11 is 0. The lowest BCUT2D eigenvalue weighted by Gasteiger charge is -2.06. The quantitative estimate of drug-likeness (QED) is 0.110. The lowest BCUT2D eigenvalue weighted by molar-refractivity contribution is -0.663. The van der Waals surface area contributed by atoms with E-state index in [0.29, 0.717) is 0 Å². The van der Waals surface area contributed by atoms with E-state index in [-0.39, 0.29) is 118 Å². The molecule has 0 aliphatic rings. The van der Waals surface area contributed by atoms with Gasteiger partial charge in [0, 0.05) is 70.8 Å². The molecule has 10 rings (SSSR count). The highest BCUT2D eigenvalue weighted by Gasteiger charge is 2.16. The Bertz CT molecular complexity index is 3000. The summed E-state index contributed by atoms with van der Waals surface area (Å²) in [6.07, 6.45) is 8.24. The number of benzene rings is 6. The van der Waals surface area contributed by atoms with Crippen molar-refractivity contribution >= 4 is 100 Å². The van der Waals surface area contributed by atoms with E-state index in [1.807, 2.05) is 48.5 Å². The minimum absolute atomic E-state index is 0. The first kappa shape index (κ1) is 63.9. The van der Waals surface area contributed by atoms with Gasteiger partial charge in [-0.05, 0) is 30.3 Å². The predicted octanol–water partition coefficient (Wildman–Crippen LogP) is -5.64. The third-order valence-electron chi connectivity index (χ3n) is 11.3. The molecule has 0 fully saturated rings. The smallest absolute Gasteiger partial charge is 0.214 e.